The molecule has 0 saturated carbocycles. The number of pyridine rings is 1. The van der Waals surface area contributed by atoms with Gasteiger partial charge in [-0.2, -0.15) is 0 Å². The Hall–Kier alpha value is -2.33. The molecule has 0 aliphatic heterocycles. The summed E-state index contributed by atoms with van der Waals surface area (Å²) in [5, 5.41) is 9.05. The van der Waals surface area contributed by atoms with Gasteiger partial charge >= 0.3 is 0 Å². The van der Waals surface area contributed by atoms with Gasteiger partial charge in [-0.3, -0.25) is 9.78 Å². The number of carbonyl (C=O) groups excluding carboxylic acids is 1. The highest BCUT2D eigenvalue weighted by molar-refractivity contribution is 5.99. The van der Waals surface area contributed by atoms with E-state index in [2.05, 4.69) is 4.98 Å². The molecule has 0 radical (unpaired) electrons. The summed E-state index contributed by atoms with van der Waals surface area (Å²) in [5.74, 6) is -0.490. The van der Waals surface area contributed by atoms with Gasteiger partial charge in [-0.05, 0) is 54.7 Å². The van der Waals surface area contributed by atoms with Crippen LogP contribution in [0.25, 0.3) is 6.08 Å². The lowest BCUT2D eigenvalue weighted by Crippen LogP contribution is -2.09. The Bertz CT molecular complexity index is 781. The Morgan fingerprint density at radius 2 is 2.18 bits per heavy atom. The first-order valence-corrected chi connectivity index (χ1v) is 7.15. The van der Waals surface area contributed by atoms with E-state index in [0.29, 0.717) is 24.0 Å². The van der Waals surface area contributed by atoms with Crippen LogP contribution >= 0.6 is 0 Å². The third-order valence-corrected chi connectivity index (χ3v) is 3.93. The number of allylic oxidation sites excluding steroid dienone is 1. The Labute approximate surface area is 128 Å². The van der Waals surface area contributed by atoms with E-state index in [1.807, 2.05) is 12.1 Å². The SMILES string of the molecule is Cc1cc(CC2=Cc3nccc(C(=O)CO)c3C2)ccc1F. The van der Waals surface area contributed by atoms with Crippen molar-refractivity contribution >= 4 is 11.9 Å². The fourth-order valence-electron chi connectivity index (χ4n) is 2.83. The zero-order valence-electron chi connectivity index (χ0n) is 12.3. The highest BCUT2D eigenvalue weighted by atomic mass is 19.1. The molecule has 3 rings (SSSR count). The van der Waals surface area contributed by atoms with Crippen LogP contribution in [0.15, 0.2) is 36.0 Å². The van der Waals surface area contributed by atoms with E-state index in [1.54, 1.807) is 25.3 Å². The lowest BCUT2D eigenvalue weighted by atomic mass is 9.99. The number of nitrogens with zero attached hydrogens (tertiary/aromatic N) is 1. The predicted molar refractivity (Wildman–Crippen MR) is 82.2 cm³/mol. The summed E-state index contributed by atoms with van der Waals surface area (Å²) in [6, 6.07) is 6.74. The van der Waals surface area contributed by atoms with Gasteiger partial charge in [-0.25, -0.2) is 4.39 Å². The third kappa shape index (κ3) is 2.70. The highest BCUT2D eigenvalue weighted by Crippen LogP contribution is 2.29. The smallest absolute Gasteiger partial charge is 0.188 e. The first-order chi connectivity index (χ1) is 10.6. The number of aliphatic hydroxyl groups excluding tert-OH is 1. The van der Waals surface area contributed by atoms with Crippen LogP contribution in [0.2, 0.25) is 0 Å². The molecule has 0 saturated heterocycles. The molecule has 1 heterocycles. The number of hydrogen-bond donors (Lipinski definition) is 1. The number of aliphatic hydroxyl groups is 1. The van der Waals surface area contributed by atoms with Gasteiger partial charge in [-0.15, -0.1) is 0 Å². The van der Waals surface area contributed by atoms with Crippen LogP contribution < -0.4 is 0 Å². The molecule has 0 fully saturated rings. The number of rotatable bonds is 4. The molecule has 0 unspecified atom stereocenters. The summed E-state index contributed by atoms with van der Waals surface area (Å²) in [6.45, 7) is 1.25. The minimum Gasteiger partial charge on any atom is -0.388 e. The minimum atomic E-state index is -0.497. The minimum absolute atomic E-state index is 0.204. The van der Waals surface area contributed by atoms with Crippen LogP contribution in [0.4, 0.5) is 4.39 Å². The van der Waals surface area contributed by atoms with E-state index in [9.17, 15) is 9.18 Å². The largest absolute Gasteiger partial charge is 0.388 e. The van der Waals surface area contributed by atoms with Gasteiger partial charge in [0.05, 0.1) is 5.69 Å². The number of halogens is 1. The second-order valence-electron chi connectivity index (χ2n) is 5.54. The van der Waals surface area contributed by atoms with Crippen molar-refractivity contribution in [3.63, 3.8) is 0 Å². The van der Waals surface area contributed by atoms with Crippen molar-refractivity contribution in [1.29, 1.82) is 0 Å². The maximum Gasteiger partial charge on any atom is 0.188 e. The molecule has 0 atom stereocenters. The molecule has 2 aromatic rings. The Balaban J connectivity index is 1.84. The maximum atomic E-state index is 13.3. The number of Topliss-reactive ketones (excluding diaryl/α,β-unsaturated/α-hetero) is 1. The first-order valence-electron chi connectivity index (χ1n) is 7.15. The van der Waals surface area contributed by atoms with E-state index in [-0.39, 0.29) is 11.6 Å². The topological polar surface area (TPSA) is 50.2 Å². The van der Waals surface area contributed by atoms with Gasteiger partial charge < -0.3 is 5.11 Å². The summed E-state index contributed by atoms with van der Waals surface area (Å²) in [6.07, 6.45) is 4.90. The molecule has 0 bridgehead atoms. The summed E-state index contributed by atoms with van der Waals surface area (Å²) in [5.41, 5.74) is 4.99. The number of aromatic nitrogens is 1. The normalized spacial score (nSPS) is 13.0. The fraction of sp³-hybridized carbons (Fsp3) is 0.222. The highest BCUT2D eigenvalue weighted by Gasteiger charge is 2.20. The average Bonchev–Trinajstić information content (AvgIpc) is 2.92. The van der Waals surface area contributed by atoms with E-state index in [4.69, 9.17) is 5.11 Å². The van der Waals surface area contributed by atoms with Crippen LogP contribution in [0, 0.1) is 12.7 Å². The lowest BCUT2D eigenvalue weighted by Gasteiger charge is -2.07. The molecular formula is C18H16FNO2. The van der Waals surface area contributed by atoms with Gasteiger partial charge in [0, 0.05) is 11.8 Å². The number of fused-ring (bicyclic) bond motifs is 1. The zero-order valence-corrected chi connectivity index (χ0v) is 12.3. The Kier molecular flexibility index (Phi) is 3.86. The number of aryl methyl sites for hydroxylation is 1. The Morgan fingerprint density at radius 1 is 1.36 bits per heavy atom. The molecule has 22 heavy (non-hydrogen) atoms. The summed E-state index contributed by atoms with van der Waals surface area (Å²) < 4.78 is 13.3. The van der Waals surface area contributed by atoms with Gasteiger partial charge in [0.2, 0.25) is 0 Å². The van der Waals surface area contributed by atoms with E-state index >= 15 is 0 Å². The lowest BCUT2D eigenvalue weighted by molar-refractivity contribution is 0.0903. The standard InChI is InChI=1S/C18H16FNO2/c1-11-6-12(2-3-16(11)19)7-13-8-15-14(18(22)10-21)4-5-20-17(15)9-13/h2-6,9,21H,7-8,10H2,1H3. The molecule has 1 aliphatic rings. The van der Waals surface area contributed by atoms with Crippen molar-refractivity contribution in [1.82, 2.24) is 4.98 Å². The monoisotopic (exact) mass is 297 g/mol. The van der Waals surface area contributed by atoms with Gasteiger partial charge in [-0.1, -0.05) is 17.7 Å². The summed E-state index contributed by atoms with van der Waals surface area (Å²) in [4.78, 5) is 16.1. The molecule has 1 aliphatic carbocycles. The van der Waals surface area contributed by atoms with Gasteiger partial charge in [0.1, 0.15) is 12.4 Å². The van der Waals surface area contributed by atoms with Crippen molar-refractivity contribution in [2.45, 2.75) is 19.8 Å². The molecule has 4 heteroatoms. The van der Waals surface area contributed by atoms with Crippen LogP contribution in [-0.4, -0.2) is 22.5 Å². The molecule has 1 aromatic carbocycles. The number of ketones is 1. The van der Waals surface area contributed by atoms with Gasteiger partial charge in [0.15, 0.2) is 5.78 Å². The van der Waals surface area contributed by atoms with E-state index in [0.717, 1.165) is 22.4 Å². The average molecular weight is 297 g/mol. The molecular weight excluding hydrogens is 281 g/mol. The fourth-order valence-corrected chi connectivity index (χ4v) is 2.83. The second-order valence-corrected chi connectivity index (χ2v) is 5.54. The van der Waals surface area contributed by atoms with Crippen LogP contribution in [0.1, 0.15) is 32.7 Å². The quantitative estimate of drug-likeness (QED) is 0.883. The van der Waals surface area contributed by atoms with Crippen molar-refractivity contribution in [2.75, 3.05) is 6.61 Å². The molecule has 1 aromatic heterocycles. The Morgan fingerprint density at radius 3 is 2.91 bits per heavy atom. The molecule has 1 N–H and O–H groups in total. The molecule has 0 spiro atoms. The number of benzene rings is 1. The predicted octanol–water partition coefficient (Wildman–Crippen LogP) is 2.89. The molecule has 0 amide bonds. The van der Waals surface area contributed by atoms with Crippen molar-refractivity contribution < 1.29 is 14.3 Å². The maximum absolute atomic E-state index is 13.3. The third-order valence-electron chi connectivity index (χ3n) is 3.93. The first kappa shape index (κ1) is 14.6. The summed E-state index contributed by atoms with van der Waals surface area (Å²) >= 11 is 0. The number of carbonyl (C=O) groups is 1. The molecule has 112 valence electrons. The summed E-state index contributed by atoms with van der Waals surface area (Å²) in [7, 11) is 0. The van der Waals surface area contributed by atoms with Crippen molar-refractivity contribution in [3.8, 4) is 0 Å². The van der Waals surface area contributed by atoms with Crippen LogP contribution in [-0.2, 0) is 12.8 Å². The van der Waals surface area contributed by atoms with E-state index < -0.39 is 6.61 Å². The molecule has 3 nitrogen and oxygen atoms in total. The zero-order chi connectivity index (χ0) is 15.7. The number of hydrogen-bond acceptors (Lipinski definition) is 3. The van der Waals surface area contributed by atoms with Crippen LogP contribution in [0.3, 0.4) is 0 Å². The van der Waals surface area contributed by atoms with Crippen LogP contribution in [0.5, 0.6) is 0 Å². The second kappa shape index (κ2) is 5.81. The van der Waals surface area contributed by atoms with Gasteiger partial charge in [0.25, 0.3) is 0 Å². The van der Waals surface area contributed by atoms with Crippen molar-refractivity contribution in [2.24, 2.45) is 0 Å². The van der Waals surface area contributed by atoms with Crippen molar-refractivity contribution in [3.05, 3.63) is 69.8 Å². The van der Waals surface area contributed by atoms with E-state index in [1.165, 1.54) is 6.07 Å².